The third-order valence-corrected chi connectivity index (χ3v) is 3.92. The lowest BCUT2D eigenvalue weighted by molar-refractivity contribution is -0.144. The van der Waals surface area contributed by atoms with Crippen LogP contribution in [0.1, 0.15) is 50.1 Å². The molecule has 1 aromatic heterocycles. The molecule has 6 heteroatoms. The number of carboxylic acids is 1. The molecule has 0 bridgehead atoms. The van der Waals surface area contributed by atoms with Crippen LogP contribution in [0.3, 0.4) is 0 Å². The maximum absolute atomic E-state index is 12.5. The normalized spacial score (nSPS) is 23.1. The fraction of sp³-hybridized carbons (Fsp3) is 0.643. The summed E-state index contributed by atoms with van der Waals surface area (Å²) < 4.78 is 1.73. The van der Waals surface area contributed by atoms with Gasteiger partial charge in [0, 0.05) is 24.8 Å². The standard InChI is InChI=1S/C14H21N3O3/c1-9(2)17-8-6-12(15-17)13(18)16-7-4-5-11(10(16)3)14(19)20/h6,8-11H,4-5,7H2,1-3H3,(H,19,20)/t10-,11-/m0/s1. The summed E-state index contributed by atoms with van der Waals surface area (Å²) in [7, 11) is 0. The predicted molar refractivity (Wildman–Crippen MR) is 73.5 cm³/mol. The van der Waals surface area contributed by atoms with E-state index in [1.807, 2.05) is 13.8 Å². The number of rotatable bonds is 3. The molecule has 1 aliphatic heterocycles. The van der Waals surface area contributed by atoms with Gasteiger partial charge < -0.3 is 10.0 Å². The number of amides is 1. The molecule has 0 unspecified atom stereocenters. The minimum absolute atomic E-state index is 0.178. The van der Waals surface area contributed by atoms with Crippen molar-refractivity contribution in [2.45, 2.75) is 45.7 Å². The molecule has 1 saturated heterocycles. The molecule has 20 heavy (non-hydrogen) atoms. The summed E-state index contributed by atoms with van der Waals surface area (Å²) in [6.07, 6.45) is 3.12. The SMILES string of the molecule is CC(C)n1ccc(C(=O)N2CCC[C@H](C(=O)O)[C@@H]2C)n1. The quantitative estimate of drug-likeness (QED) is 0.915. The van der Waals surface area contributed by atoms with Crippen LogP contribution in [0.4, 0.5) is 0 Å². The van der Waals surface area contributed by atoms with Crippen molar-refractivity contribution in [2.24, 2.45) is 5.92 Å². The Labute approximate surface area is 118 Å². The van der Waals surface area contributed by atoms with Gasteiger partial charge in [-0.1, -0.05) is 0 Å². The zero-order valence-electron chi connectivity index (χ0n) is 12.1. The molecule has 1 amide bonds. The van der Waals surface area contributed by atoms with Crippen molar-refractivity contribution in [1.82, 2.24) is 14.7 Å². The van der Waals surface area contributed by atoms with E-state index in [1.54, 1.807) is 28.8 Å². The van der Waals surface area contributed by atoms with Gasteiger partial charge in [0.15, 0.2) is 0 Å². The van der Waals surface area contributed by atoms with E-state index in [9.17, 15) is 14.7 Å². The monoisotopic (exact) mass is 279 g/mol. The molecule has 110 valence electrons. The van der Waals surface area contributed by atoms with E-state index >= 15 is 0 Å². The van der Waals surface area contributed by atoms with Gasteiger partial charge in [-0.25, -0.2) is 0 Å². The van der Waals surface area contributed by atoms with Gasteiger partial charge in [-0.3, -0.25) is 14.3 Å². The number of aliphatic carboxylic acids is 1. The number of carbonyl (C=O) groups excluding carboxylic acids is 1. The second-order valence-corrected chi connectivity index (χ2v) is 5.60. The third-order valence-electron chi connectivity index (χ3n) is 3.92. The van der Waals surface area contributed by atoms with Crippen LogP contribution in [-0.2, 0) is 4.79 Å². The maximum Gasteiger partial charge on any atom is 0.308 e. The van der Waals surface area contributed by atoms with E-state index in [2.05, 4.69) is 5.10 Å². The van der Waals surface area contributed by atoms with Crippen molar-refractivity contribution in [3.63, 3.8) is 0 Å². The Morgan fingerprint density at radius 2 is 2.15 bits per heavy atom. The summed E-state index contributed by atoms with van der Waals surface area (Å²) >= 11 is 0. The van der Waals surface area contributed by atoms with Gasteiger partial charge in [0.1, 0.15) is 5.69 Å². The highest BCUT2D eigenvalue weighted by Gasteiger charge is 2.36. The van der Waals surface area contributed by atoms with Crippen LogP contribution in [0.25, 0.3) is 0 Å². The Balaban J connectivity index is 2.16. The van der Waals surface area contributed by atoms with E-state index < -0.39 is 11.9 Å². The Bertz CT molecular complexity index is 510. The number of nitrogens with zero attached hydrogens (tertiary/aromatic N) is 3. The number of likely N-dealkylation sites (tertiary alicyclic amines) is 1. The second-order valence-electron chi connectivity index (χ2n) is 5.60. The third kappa shape index (κ3) is 2.69. The van der Waals surface area contributed by atoms with Crippen LogP contribution in [0.5, 0.6) is 0 Å². The summed E-state index contributed by atoms with van der Waals surface area (Å²) in [6, 6.07) is 1.60. The molecule has 0 spiro atoms. The first-order chi connectivity index (χ1) is 9.41. The van der Waals surface area contributed by atoms with Crippen molar-refractivity contribution in [3.05, 3.63) is 18.0 Å². The molecule has 1 aromatic rings. The molecule has 1 N–H and O–H groups in total. The lowest BCUT2D eigenvalue weighted by Gasteiger charge is -2.37. The van der Waals surface area contributed by atoms with Crippen LogP contribution < -0.4 is 0 Å². The van der Waals surface area contributed by atoms with Crippen LogP contribution in [0.15, 0.2) is 12.3 Å². The molecule has 6 nitrogen and oxygen atoms in total. The van der Waals surface area contributed by atoms with Crippen LogP contribution >= 0.6 is 0 Å². The first-order valence-electron chi connectivity index (χ1n) is 7.00. The summed E-state index contributed by atoms with van der Waals surface area (Å²) in [5, 5.41) is 13.5. The molecule has 0 saturated carbocycles. The highest BCUT2D eigenvalue weighted by atomic mass is 16.4. The Morgan fingerprint density at radius 1 is 1.45 bits per heavy atom. The maximum atomic E-state index is 12.5. The van der Waals surface area contributed by atoms with Gasteiger partial charge in [-0.2, -0.15) is 5.10 Å². The Hall–Kier alpha value is -1.85. The van der Waals surface area contributed by atoms with Crippen LogP contribution in [0.2, 0.25) is 0 Å². The summed E-state index contributed by atoms with van der Waals surface area (Å²) in [5.41, 5.74) is 0.386. The first-order valence-corrected chi connectivity index (χ1v) is 7.00. The molecule has 2 rings (SSSR count). The van der Waals surface area contributed by atoms with Gasteiger partial charge in [-0.15, -0.1) is 0 Å². The van der Waals surface area contributed by atoms with Crippen molar-refractivity contribution in [2.75, 3.05) is 6.54 Å². The molecule has 0 aliphatic carbocycles. The lowest BCUT2D eigenvalue weighted by Crippen LogP contribution is -2.49. The molecule has 1 fully saturated rings. The zero-order chi connectivity index (χ0) is 14.9. The lowest BCUT2D eigenvalue weighted by atomic mass is 9.90. The fourth-order valence-corrected chi connectivity index (χ4v) is 2.65. The smallest absolute Gasteiger partial charge is 0.308 e. The van der Waals surface area contributed by atoms with Crippen molar-refractivity contribution in [1.29, 1.82) is 0 Å². The average molecular weight is 279 g/mol. The van der Waals surface area contributed by atoms with E-state index in [-0.39, 0.29) is 18.0 Å². The van der Waals surface area contributed by atoms with Gasteiger partial charge >= 0.3 is 5.97 Å². The van der Waals surface area contributed by atoms with Crippen molar-refractivity contribution < 1.29 is 14.7 Å². The number of aromatic nitrogens is 2. The first kappa shape index (κ1) is 14.6. The number of hydrogen-bond acceptors (Lipinski definition) is 3. The Kier molecular flexibility index (Phi) is 4.11. The summed E-state index contributed by atoms with van der Waals surface area (Å²) in [6.45, 7) is 6.38. The minimum atomic E-state index is -0.831. The van der Waals surface area contributed by atoms with Gasteiger partial charge in [0.2, 0.25) is 0 Å². The predicted octanol–water partition coefficient (Wildman–Crippen LogP) is 1.79. The topological polar surface area (TPSA) is 75.4 Å². The molecule has 0 aromatic carbocycles. The van der Waals surface area contributed by atoms with Gasteiger partial charge in [0.05, 0.1) is 5.92 Å². The molecular formula is C14H21N3O3. The summed E-state index contributed by atoms with van der Waals surface area (Å²) in [4.78, 5) is 25.3. The van der Waals surface area contributed by atoms with Crippen LogP contribution in [0, 0.1) is 5.92 Å². The van der Waals surface area contributed by atoms with Crippen molar-refractivity contribution in [3.8, 4) is 0 Å². The molecule has 0 radical (unpaired) electrons. The largest absolute Gasteiger partial charge is 0.481 e. The summed E-state index contributed by atoms with van der Waals surface area (Å²) in [5.74, 6) is -1.49. The zero-order valence-corrected chi connectivity index (χ0v) is 12.1. The van der Waals surface area contributed by atoms with Gasteiger partial charge in [-0.05, 0) is 39.7 Å². The highest BCUT2D eigenvalue weighted by molar-refractivity contribution is 5.93. The van der Waals surface area contributed by atoms with E-state index in [0.29, 0.717) is 18.7 Å². The van der Waals surface area contributed by atoms with E-state index in [4.69, 9.17) is 0 Å². The Morgan fingerprint density at radius 3 is 2.70 bits per heavy atom. The molecule has 1 aliphatic rings. The van der Waals surface area contributed by atoms with E-state index in [0.717, 1.165) is 6.42 Å². The minimum Gasteiger partial charge on any atom is -0.481 e. The number of carboxylic acid groups (broad SMARTS) is 1. The fourth-order valence-electron chi connectivity index (χ4n) is 2.65. The molecule has 2 atom stereocenters. The van der Waals surface area contributed by atoms with Crippen molar-refractivity contribution >= 4 is 11.9 Å². The van der Waals surface area contributed by atoms with Crippen LogP contribution in [-0.4, -0.2) is 44.3 Å². The second kappa shape index (κ2) is 5.64. The number of piperidine rings is 1. The number of carbonyl (C=O) groups is 2. The molecular weight excluding hydrogens is 258 g/mol. The van der Waals surface area contributed by atoms with Gasteiger partial charge in [0.25, 0.3) is 5.91 Å². The highest BCUT2D eigenvalue weighted by Crippen LogP contribution is 2.25. The van der Waals surface area contributed by atoms with E-state index in [1.165, 1.54) is 0 Å². The molecule has 2 heterocycles. The average Bonchev–Trinajstić information content (AvgIpc) is 2.87. The number of hydrogen-bond donors (Lipinski definition) is 1.